The molecule has 0 saturated heterocycles. The van der Waals surface area contributed by atoms with Gasteiger partial charge in [0, 0.05) is 24.0 Å². The maximum Gasteiger partial charge on any atom is 0.244 e. The fourth-order valence-corrected chi connectivity index (χ4v) is 5.64. The molecule has 3 aromatic rings. The van der Waals surface area contributed by atoms with Crippen LogP contribution in [0.1, 0.15) is 29.2 Å². The van der Waals surface area contributed by atoms with E-state index >= 15 is 0 Å². The Hall–Kier alpha value is -3.17. The number of aryl methyl sites for hydroxylation is 2. The number of nitrogens with one attached hydrogen (secondary N) is 1. The molecule has 0 radical (unpaired) electrons. The number of likely N-dealkylation sites (N-methyl/N-ethyl adjacent to an activating group) is 1. The maximum atomic E-state index is 14.0. The second kappa shape index (κ2) is 13.1. The average Bonchev–Trinajstić information content (AvgIpc) is 2.86. The fraction of sp³-hybridized carbons (Fsp3) is 0.310. The number of nitrogens with zero attached hydrogens (tertiary/aromatic N) is 2. The lowest BCUT2D eigenvalue weighted by Gasteiger charge is -2.34. The van der Waals surface area contributed by atoms with E-state index in [2.05, 4.69) is 21.2 Å². The van der Waals surface area contributed by atoms with Crippen LogP contribution in [0.25, 0.3) is 0 Å². The van der Waals surface area contributed by atoms with Crippen LogP contribution in [0.2, 0.25) is 0 Å². The van der Waals surface area contributed by atoms with Gasteiger partial charge in [0.25, 0.3) is 0 Å². The summed E-state index contributed by atoms with van der Waals surface area (Å²) in [6.07, 6.45) is 1.38. The lowest BCUT2D eigenvalue weighted by molar-refractivity contribution is -0.140. The smallest absolute Gasteiger partial charge is 0.244 e. The first-order valence-corrected chi connectivity index (χ1v) is 15.0. The summed E-state index contributed by atoms with van der Waals surface area (Å²) in [5, 5.41) is 2.86. The van der Waals surface area contributed by atoms with Crippen molar-refractivity contribution >= 4 is 43.5 Å². The van der Waals surface area contributed by atoms with Gasteiger partial charge in [0.1, 0.15) is 12.6 Å². The molecule has 9 heteroatoms. The molecule has 7 nitrogen and oxygen atoms in total. The number of carbonyl (C=O) groups excluding carboxylic acids is 2. The number of hydrogen-bond donors (Lipinski definition) is 1. The van der Waals surface area contributed by atoms with Crippen LogP contribution < -0.4 is 9.62 Å². The molecule has 0 unspecified atom stereocenters. The van der Waals surface area contributed by atoms with Crippen molar-refractivity contribution in [3.05, 3.63) is 99.5 Å². The summed E-state index contributed by atoms with van der Waals surface area (Å²) in [5.41, 5.74) is 3.68. The second-order valence-electron chi connectivity index (χ2n) is 9.26. The molecular weight excluding hydrogens is 566 g/mol. The Morgan fingerprint density at radius 1 is 0.895 bits per heavy atom. The number of hydrogen-bond acceptors (Lipinski definition) is 4. The molecule has 202 valence electrons. The molecule has 0 heterocycles. The van der Waals surface area contributed by atoms with Crippen molar-refractivity contribution in [2.75, 3.05) is 23.7 Å². The van der Waals surface area contributed by atoms with Crippen molar-refractivity contribution in [1.29, 1.82) is 0 Å². The summed E-state index contributed by atoms with van der Waals surface area (Å²) in [6.45, 7) is 5.58. The van der Waals surface area contributed by atoms with E-state index in [4.69, 9.17) is 0 Å². The molecule has 0 spiro atoms. The summed E-state index contributed by atoms with van der Waals surface area (Å²) in [4.78, 5) is 28.9. The van der Waals surface area contributed by atoms with Gasteiger partial charge in [-0.3, -0.25) is 13.9 Å². The molecule has 0 aromatic heterocycles. The summed E-state index contributed by atoms with van der Waals surface area (Å²) in [5.74, 6) is -0.757. The predicted molar refractivity (Wildman–Crippen MR) is 155 cm³/mol. The highest BCUT2D eigenvalue weighted by Crippen LogP contribution is 2.27. The minimum absolute atomic E-state index is 0.144. The molecule has 1 N–H and O–H groups in total. The van der Waals surface area contributed by atoms with Crippen LogP contribution >= 0.6 is 15.9 Å². The van der Waals surface area contributed by atoms with Gasteiger partial charge in [-0.15, -0.1) is 0 Å². The van der Waals surface area contributed by atoms with Crippen molar-refractivity contribution in [1.82, 2.24) is 10.2 Å². The molecular formula is C29H34BrN3O4S. The van der Waals surface area contributed by atoms with E-state index in [1.54, 1.807) is 0 Å². The Balaban J connectivity index is 2.07. The molecule has 2 amide bonds. The number of para-hydroxylation sites is 1. The molecule has 38 heavy (non-hydrogen) atoms. The molecule has 0 aliphatic heterocycles. The van der Waals surface area contributed by atoms with Crippen molar-refractivity contribution in [2.24, 2.45) is 0 Å². The Bertz CT molecular complexity index is 1340. The van der Waals surface area contributed by atoms with Crippen LogP contribution in [0.5, 0.6) is 0 Å². The highest BCUT2D eigenvalue weighted by molar-refractivity contribution is 9.10. The number of halogens is 1. The SMILES string of the molecule is CCNC(=O)[C@@H](Cc1ccccc1)N(Cc1ccc(Br)cc1)C(=O)CN(c1c(C)cccc1C)S(C)(=O)=O. The molecule has 3 aromatic carbocycles. The maximum absolute atomic E-state index is 14.0. The normalized spacial score (nSPS) is 12.0. The van der Waals surface area contributed by atoms with E-state index < -0.39 is 28.5 Å². The lowest BCUT2D eigenvalue weighted by Crippen LogP contribution is -2.53. The zero-order valence-corrected chi connectivity index (χ0v) is 24.6. The van der Waals surface area contributed by atoms with Gasteiger partial charge in [0.2, 0.25) is 21.8 Å². The van der Waals surface area contributed by atoms with E-state index in [1.807, 2.05) is 93.6 Å². The zero-order valence-electron chi connectivity index (χ0n) is 22.1. The van der Waals surface area contributed by atoms with Gasteiger partial charge < -0.3 is 10.2 Å². The van der Waals surface area contributed by atoms with Crippen molar-refractivity contribution in [2.45, 2.75) is 39.8 Å². The summed E-state index contributed by atoms with van der Waals surface area (Å²) >= 11 is 3.43. The molecule has 0 saturated carbocycles. The third-order valence-electron chi connectivity index (χ3n) is 6.26. The summed E-state index contributed by atoms with van der Waals surface area (Å²) < 4.78 is 28.0. The van der Waals surface area contributed by atoms with Gasteiger partial charge in [-0.1, -0.05) is 76.6 Å². The molecule has 3 rings (SSSR count). The lowest BCUT2D eigenvalue weighted by atomic mass is 10.0. The van der Waals surface area contributed by atoms with Crippen LogP contribution in [-0.4, -0.2) is 50.5 Å². The Labute approximate surface area is 234 Å². The van der Waals surface area contributed by atoms with E-state index in [-0.39, 0.29) is 18.9 Å². The van der Waals surface area contributed by atoms with Gasteiger partial charge in [-0.05, 0) is 55.2 Å². The number of sulfonamides is 1. The number of amides is 2. The molecule has 0 fully saturated rings. The molecule has 0 bridgehead atoms. The van der Waals surface area contributed by atoms with E-state index in [0.29, 0.717) is 12.2 Å². The van der Waals surface area contributed by atoms with E-state index in [1.165, 1.54) is 4.90 Å². The number of carbonyl (C=O) groups is 2. The first-order chi connectivity index (χ1) is 18.0. The summed E-state index contributed by atoms with van der Waals surface area (Å²) in [7, 11) is -3.81. The third-order valence-corrected chi connectivity index (χ3v) is 7.90. The van der Waals surface area contributed by atoms with E-state index in [0.717, 1.165) is 37.3 Å². The van der Waals surface area contributed by atoms with Gasteiger partial charge >= 0.3 is 0 Å². The van der Waals surface area contributed by atoms with Gasteiger partial charge in [-0.2, -0.15) is 0 Å². The third kappa shape index (κ3) is 7.68. The molecule has 1 atom stereocenters. The van der Waals surface area contributed by atoms with Crippen LogP contribution in [0, 0.1) is 13.8 Å². The highest BCUT2D eigenvalue weighted by atomic mass is 79.9. The largest absolute Gasteiger partial charge is 0.355 e. The van der Waals surface area contributed by atoms with Crippen LogP contribution in [0.3, 0.4) is 0 Å². The minimum Gasteiger partial charge on any atom is -0.355 e. The number of benzene rings is 3. The standard InChI is InChI=1S/C29H34BrN3O4S/c1-5-31-29(35)26(18-23-12-7-6-8-13-23)32(19-24-14-16-25(30)17-15-24)27(34)20-33(38(4,36)37)28-21(2)10-9-11-22(28)3/h6-17,26H,5,18-20H2,1-4H3,(H,31,35)/t26-/m1/s1. The first kappa shape index (κ1) is 29.4. The van der Waals surface area contributed by atoms with E-state index in [9.17, 15) is 18.0 Å². The Kier molecular flexibility index (Phi) is 10.1. The van der Waals surface area contributed by atoms with Crippen molar-refractivity contribution < 1.29 is 18.0 Å². The van der Waals surface area contributed by atoms with Gasteiger partial charge in [-0.25, -0.2) is 8.42 Å². The average molecular weight is 601 g/mol. The molecule has 0 aliphatic rings. The topological polar surface area (TPSA) is 86.8 Å². The number of rotatable bonds is 11. The number of anilines is 1. The van der Waals surface area contributed by atoms with Crippen molar-refractivity contribution in [3.63, 3.8) is 0 Å². The molecule has 0 aliphatic carbocycles. The predicted octanol–water partition coefficient (Wildman–Crippen LogP) is 4.61. The van der Waals surface area contributed by atoms with Gasteiger partial charge in [0.05, 0.1) is 11.9 Å². The van der Waals surface area contributed by atoms with Gasteiger partial charge in [0.15, 0.2) is 0 Å². The van der Waals surface area contributed by atoms with Crippen molar-refractivity contribution in [3.8, 4) is 0 Å². The Morgan fingerprint density at radius 3 is 2.05 bits per heavy atom. The fourth-order valence-electron chi connectivity index (χ4n) is 4.41. The second-order valence-corrected chi connectivity index (χ2v) is 12.1. The monoisotopic (exact) mass is 599 g/mol. The minimum atomic E-state index is -3.81. The highest BCUT2D eigenvalue weighted by Gasteiger charge is 2.33. The van der Waals surface area contributed by atoms with Crippen LogP contribution in [0.4, 0.5) is 5.69 Å². The Morgan fingerprint density at radius 2 is 1.50 bits per heavy atom. The summed E-state index contributed by atoms with van der Waals surface area (Å²) in [6, 6.07) is 21.6. The zero-order chi connectivity index (χ0) is 27.9. The quantitative estimate of drug-likeness (QED) is 0.349. The first-order valence-electron chi connectivity index (χ1n) is 12.4. The van der Waals surface area contributed by atoms with Crippen LogP contribution in [0.15, 0.2) is 77.3 Å². The van der Waals surface area contributed by atoms with Crippen LogP contribution in [-0.2, 0) is 32.6 Å².